The van der Waals surface area contributed by atoms with Crippen LogP contribution in [0.4, 0.5) is 5.69 Å². The first-order valence-electron chi connectivity index (χ1n) is 5.11. The van der Waals surface area contributed by atoms with Crippen LogP contribution in [0.5, 0.6) is 0 Å². The molecule has 92 valence electrons. The molecule has 2 N–H and O–H groups in total. The average Bonchev–Trinajstić information content (AvgIpc) is 2.59. The van der Waals surface area contributed by atoms with Crippen molar-refractivity contribution in [2.24, 2.45) is 0 Å². The van der Waals surface area contributed by atoms with Crippen LogP contribution in [-0.4, -0.2) is 41.5 Å². The van der Waals surface area contributed by atoms with Gasteiger partial charge in [-0.15, -0.1) is 0 Å². The molecule has 0 radical (unpaired) electrons. The SMILES string of the molecule is O=C([O-])c1cccc(N2C[C@H](O)[C@@H](O)C2)c1Cl.[Li+]. The smallest absolute Gasteiger partial charge is 0.545 e. The first-order chi connectivity index (χ1) is 8.00. The Labute approximate surface area is 121 Å². The molecular formula is C11H11ClLiNO4. The number of aromatic carboxylic acids is 1. The van der Waals surface area contributed by atoms with E-state index in [1.54, 1.807) is 17.0 Å². The van der Waals surface area contributed by atoms with Crippen LogP contribution < -0.4 is 28.9 Å². The zero-order valence-corrected chi connectivity index (χ0v) is 10.6. The van der Waals surface area contributed by atoms with Gasteiger partial charge in [0.05, 0.1) is 28.9 Å². The van der Waals surface area contributed by atoms with E-state index in [4.69, 9.17) is 11.6 Å². The molecule has 0 bridgehead atoms. The van der Waals surface area contributed by atoms with Crippen molar-refractivity contribution in [3.8, 4) is 0 Å². The summed E-state index contributed by atoms with van der Waals surface area (Å²) in [6.45, 7) is 0.439. The van der Waals surface area contributed by atoms with E-state index >= 15 is 0 Å². The third kappa shape index (κ3) is 2.82. The zero-order chi connectivity index (χ0) is 12.6. The first-order valence-corrected chi connectivity index (χ1v) is 5.49. The van der Waals surface area contributed by atoms with Crippen LogP contribution >= 0.6 is 11.6 Å². The van der Waals surface area contributed by atoms with Crippen LogP contribution in [-0.2, 0) is 0 Å². The van der Waals surface area contributed by atoms with Gasteiger partial charge in [-0.1, -0.05) is 23.7 Å². The summed E-state index contributed by atoms with van der Waals surface area (Å²) in [5.41, 5.74) is 0.379. The fourth-order valence-electron chi connectivity index (χ4n) is 1.89. The minimum Gasteiger partial charge on any atom is -0.545 e. The van der Waals surface area contributed by atoms with Crippen LogP contribution in [0.2, 0.25) is 5.02 Å². The van der Waals surface area contributed by atoms with Crippen LogP contribution in [0.25, 0.3) is 0 Å². The molecule has 0 unspecified atom stereocenters. The minimum atomic E-state index is -1.35. The Morgan fingerprint density at radius 3 is 2.39 bits per heavy atom. The fourth-order valence-corrected chi connectivity index (χ4v) is 2.21. The Balaban J connectivity index is 0.00000162. The number of benzene rings is 1. The fraction of sp³-hybridized carbons (Fsp3) is 0.364. The third-order valence-electron chi connectivity index (χ3n) is 2.80. The maximum absolute atomic E-state index is 10.8. The Bertz CT molecular complexity index is 447. The van der Waals surface area contributed by atoms with Crippen LogP contribution in [0.3, 0.4) is 0 Å². The maximum Gasteiger partial charge on any atom is 1.00 e. The normalized spacial score (nSPS) is 22.7. The Morgan fingerprint density at radius 1 is 1.33 bits per heavy atom. The van der Waals surface area contributed by atoms with E-state index in [1.165, 1.54) is 6.07 Å². The number of nitrogens with zero attached hydrogens (tertiary/aromatic N) is 1. The molecule has 1 fully saturated rings. The van der Waals surface area contributed by atoms with Crippen molar-refractivity contribution < 1.29 is 39.0 Å². The van der Waals surface area contributed by atoms with Crippen LogP contribution in [0.1, 0.15) is 10.4 Å². The predicted molar refractivity (Wildman–Crippen MR) is 60.0 cm³/mol. The second-order valence-corrected chi connectivity index (χ2v) is 4.34. The molecule has 1 aromatic carbocycles. The number of carbonyl (C=O) groups is 1. The van der Waals surface area contributed by atoms with Gasteiger partial charge in [-0.2, -0.15) is 0 Å². The number of carbonyl (C=O) groups excluding carboxylic acids is 1. The van der Waals surface area contributed by atoms with Crippen LogP contribution in [0.15, 0.2) is 18.2 Å². The summed E-state index contributed by atoms with van der Waals surface area (Å²) in [5.74, 6) is -1.35. The number of carboxylic acid groups (broad SMARTS) is 1. The Kier molecular flexibility index (Phi) is 5.08. The van der Waals surface area contributed by atoms with E-state index in [0.717, 1.165) is 0 Å². The Hall–Kier alpha value is -0.703. The molecule has 0 spiro atoms. The van der Waals surface area contributed by atoms with E-state index in [-0.39, 0.29) is 42.5 Å². The molecule has 1 aliphatic rings. The van der Waals surface area contributed by atoms with Gasteiger partial charge in [-0.25, -0.2) is 0 Å². The molecule has 1 heterocycles. The van der Waals surface area contributed by atoms with Gasteiger partial charge >= 0.3 is 18.9 Å². The van der Waals surface area contributed by atoms with Crippen molar-refractivity contribution in [1.29, 1.82) is 0 Å². The van der Waals surface area contributed by atoms with Gasteiger partial charge in [-0.05, 0) is 6.07 Å². The summed E-state index contributed by atoms with van der Waals surface area (Å²) in [6, 6.07) is 4.53. The van der Waals surface area contributed by atoms with Gasteiger partial charge in [0.15, 0.2) is 0 Å². The molecule has 0 aromatic heterocycles. The molecule has 0 amide bonds. The summed E-state index contributed by atoms with van der Waals surface area (Å²) in [7, 11) is 0. The number of aliphatic hydroxyl groups excluding tert-OH is 2. The zero-order valence-electron chi connectivity index (χ0n) is 9.84. The second-order valence-electron chi connectivity index (χ2n) is 3.97. The van der Waals surface area contributed by atoms with Crippen molar-refractivity contribution in [3.05, 3.63) is 28.8 Å². The molecule has 1 saturated heterocycles. The molecule has 5 nitrogen and oxygen atoms in total. The van der Waals surface area contributed by atoms with Gasteiger partial charge in [0.2, 0.25) is 0 Å². The van der Waals surface area contributed by atoms with Gasteiger partial charge in [0.25, 0.3) is 0 Å². The molecular weight excluding hydrogens is 253 g/mol. The van der Waals surface area contributed by atoms with Crippen molar-refractivity contribution in [2.75, 3.05) is 18.0 Å². The average molecular weight is 264 g/mol. The number of β-amino-alcohol motifs (C(OH)–C–C–N with tert-alkyl or cyclic N) is 2. The molecule has 1 aliphatic heterocycles. The van der Waals surface area contributed by atoms with Crippen molar-refractivity contribution in [2.45, 2.75) is 12.2 Å². The third-order valence-corrected chi connectivity index (χ3v) is 3.20. The predicted octanol–water partition coefficient (Wildman–Crippen LogP) is -3.75. The first kappa shape index (κ1) is 15.4. The van der Waals surface area contributed by atoms with Crippen molar-refractivity contribution in [1.82, 2.24) is 0 Å². The molecule has 0 saturated carbocycles. The topological polar surface area (TPSA) is 83.8 Å². The molecule has 7 heteroatoms. The standard InChI is InChI=1S/C11H12ClNO4.Li/c12-10-6(11(16)17)2-1-3-7(10)13-4-8(14)9(15)5-13;/h1-3,8-9,14-15H,4-5H2,(H,16,17);/q;+1/p-1/t8-,9-;/m0./s1. The monoisotopic (exact) mass is 263 g/mol. The van der Waals surface area contributed by atoms with E-state index in [1.807, 2.05) is 0 Å². The van der Waals surface area contributed by atoms with Gasteiger partial charge in [-0.3, -0.25) is 0 Å². The number of hydrogen-bond acceptors (Lipinski definition) is 5. The van der Waals surface area contributed by atoms with E-state index in [2.05, 4.69) is 0 Å². The number of rotatable bonds is 2. The molecule has 2 atom stereocenters. The number of hydrogen-bond donors (Lipinski definition) is 2. The molecule has 0 aliphatic carbocycles. The number of carboxylic acids is 1. The summed E-state index contributed by atoms with van der Waals surface area (Å²) < 4.78 is 0. The Morgan fingerprint density at radius 2 is 1.89 bits per heavy atom. The maximum atomic E-state index is 10.8. The van der Waals surface area contributed by atoms with Gasteiger partial charge in [0.1, 0.15) is 0 Å². The van der Waals surface area contributed by atoms with E-state index < -0.39 is 18.2 Å². The molecule has 2 rings (SSSR count). The second kappa shape index (κ2) is 5.96. The molecule has 1 aromatic rings. The minimum absolute atomic E-state index is 0. The van der Waals surface area contributed by atoms with Gasteiger partial charge in [0, 0.05) is 18.7 Å². The number of anilines is 1. The van der Waals surface area contributed by atoms with Gasteiger partial charge < -0.3 is 25.0 Å². The summed E-state index contributed by atoms with van der Waals surface area (Å²) in [5, 5.41) is 29.7. The largest absolute Gasteiger partial charge is 1.00 e. The van der Waals surface area contributed by atoms with E-state index in [0.29, 0.717) is 5.69 Å². The van der Waals surface area contributed by atoms with Crippen LogP contribution in [0, 0.1) is 0 Å². The number of aliphatic hydroxyl groups is 2. The number of halogens is 1. The molecule has 18 heavy (non-hydrogen) atoms. The van der Waals surface area contributed by atoms with E-state index in [9.17, 15) is 20.1 Å². The quantitative estimate of drug-likeness (QED) is 0.536. The summed E-state index contributed by atoms with van der Waals surface area (Å²) in [6.07, 6.45) is -1.70. The van der Waals surface area contributed by atoms with Crippen molar-refractivity contribution in [3.63, 3.8) is 0 Å². The van der Waals surface area contributed by atoms with Crippen molar-refractivity contribution >= 4 is 23.3 Å². The summed E-state index contributed by atoms with van der Waals surface area (Å²) >= 11 is 5.95. The summed E-state index contributed by atoms with van der Waals surface area (Å²) in [4.78, 5) is 12.4.